The van der Waals surface area contributed by atoms with Crippen molar-refractivity contribution in [2.24, 2.45) is 0 Å². The van der Waals surface area contributed by atoms with E-state index in [0.717, 1.165) is 0 Å². The highest BCUT2D eigenvalue weighted by Crippen LogP contribution is 2.35. The van der Waals surface area contributed by atoms with Crippen molar-refractivity contribution in [3.63, 3.8) is 0 Å². The van der Waals surface area contributed by atoms with Crippen LogP contribution in [-0.4, -0.2) is 19.1 Å². The highest BCUT2D eigenvalue weighted by atomic mass is 16.6. The Morgan fingerprint density at radius 2 is 1.81 bits per heavy atom. The van der Waals surface area contributed by atoms with Crippen LogP contribution in [0.25, 0.3) is 11.0 Å². The molecular weight excluding hydrogens is 214 g/mol. The molecule has 0 saturated carbocycles. The molecule has 2 aromatic rings. The number of nitro groups is 1. The molecule has 6 heteroatoms. The number of methoxy groups -OCH3 is 2. The SMILES string of the molecule is COc1cc2cc([N+](=O)[O-])oc2cc1OC. The highest BCUT2D eigenvalue weighted by Gasteiger charge is 2.16. The van der Waals surface area contributed by atoms with Crippen LogP contribution in [0.15, 0.2) is 22.6 Å². The van der Waals surface area contributed by atoms with Crippen molar-refractivity contribution < 1.29 is 18.8 Å². The fourth-order valence-electron chi connectivity index (χ4n) is 1.44. The summed E-state index contributed by atoms with van der Waals surface area (Å²) in [7, 11) is 2.99. The second kappa shape index (κ2) is 3.73. The second-order valence-corrected chi connectivity index (χ2v) is 3.09. The van der Waals surface area contributed by atoms with Gasteiger partial charge in [0, 0.05) is 11.5 Å². The van der Waals surface area contributed by atoms with Crippen molar-refractivity contribution in [1.29, 1.82) is 0 Å². The van der Waals surface area contributed by atoms with E-state index < -0.39 is 4.92 Å². The Balaban J connectivity index is 2.64. The number of benzene rings is 1. The van der Waals surface area contributed by atoms with Crippen LogP contribution >= 0.6 is 0 Å². The molecule has 2 rings (SSSR count). The van der Waals surface area contributed by atoms with Crippen LogP contribution in [0.1, 0.15) is 0 Å². The average molecular weight is 223 g/mol. The number of hydrogen-bond donors (Lipinski definition) is 0. The number of hydrogen-bond acceptors (Lipinski definition) is 5. The molecule has 16 heavy (non-hydrogen) atoms. The molecule has 0 aliphatic heterocycles. The molecule has 0 amide bonds. The second-order valence-electron chi connectivity index (χ2n) is 3.09. The molecular formula is C10H9NO5. The molecule has 0 saturated heterocycles. The summed E-state index contributed by atoms with van der Waals surface area (Å²) in [5, 5.41) is 11.1. The minimum Gasteiger partial charge on any atom is -0.493 e. The molecule has 0 bridgehead atoms. The number of fused-ring (bicyclic) bond motifs is 1. The number of rotatable bonds is 3. The van der Waals surface area contributed by atoms with Crippen molar-refractivity contribution in [3.05, 3.63) is 28.3 Å². The minimum absolute atomic E-state index is 0.301. The molecule has 1 heterocycles. The fourth-order valence-corrected chi connectivity index (χ4v) is 1.44. The summed E-state index contributed by atoms with van der Waals surface area (Å²) < 4.78 is 15.2. The first-order chi connectivity index (χ1) is 7.65. The van der Waals surface area contributed by atoms with Gasteiger partial charge in [-0.3, -0.25) is 10.1 Å². The van der Waals surface area contributed by atoms with Crippen molar-refractivity contribution in [3.8, 4) is 11.5 Å². The summed E-state index contributed by atoms with van der Waals surface area (Å²) >= 11 is 0. The van der Waals surface area contributed by atoms with Crippen LogP contribution in [0, 0.1) is 10.1 Å². The predicted octanol–water partition coefficient (Wildman–Crippen LogP) is 2.36. The van der Waals surface area contributed by atoms with Gasteiger partial charge in [-0.1, -0.05) is 0 Å². The van der Waals surface area contributed by atoms with Crippen molar-refractivity contribution in [2.75, 3.05) is 14.2 Å². The fraction of sp³-hybridized carbons (Fsp3) is 0.200. The van der Waals surface area contributed by atoms with Crippen LogP contribution in [-0.2, 0) is 0 Å². The maximum absolute atomic E-state index is 10.5. The summed E-state index contributed by atoms with van der Waals surface area (Å²) in [6.45, 7) is 0. The Labute approximate surface area is 90.5 Å². The number of nitrogens with zero attached hydrogens (tertiary/aromatic N) is 1. The molecule has 1 aromatic heterocycles. The monoisotopic (exact) mass is 223 g/mol. The van der Waals surface area contributed by atoms with Crippen LogP contribution < -0.4 is 9.47 Å². The molecule has 0 aliphatic carbocycles. The van der Waals surface area contributed by atoms with Gasteiger partial charge in [0.2, 0.25) is 0 Å². The van der Waals surface area contributed by atoms with E-state index in [1.807, 2.05) is 0 Å². The number of ether oxygens (including phenoxy) is 2. The van der Waals surface area contributed by atoms with Gasteiger partial charge in [0.25, 0.3) is 0 Å². The zero-order valence-corrected chi connectivity index (χ0v) is 8.72. The van der Waals surface area contributed by atoms with Gasteiger partial charge in [0.15, 0.2) is 11.5 Å². The molecule has 0 aliphatic rings. The molecule has 0 N–H and O–H groups in total. The van der Waals surface area contributed by atoms with Crippen LogP contribution in [0.3, 0.4) is 0 Å². The molecule has 84 valence electrons. The molecule has 0 atom stereocenters. The first kappa shape index (κ1) is 10.3. The van der Waals surface area contributed by atoms with Gasteiger partial charge in [0.1, 0.15) is 10.5 Å². The summed E-state index contributed by atoms with van der Waals surface area (Å²) in [4.78, 5) is 9.94. The quantitative estimate of drug-likeness (QED) is 0.589. The summed E-state index contributed by atoms with van der Waals surface area (Å²) in [5.74, 6) is 0.676. The Kier molecular flexibility index (Phi) is 2.40. The van der Waals surface area contributed by atoms with Gasteiger partial charge >= 0.3 is 5.88 Å². The molecule has 0 spiro atoms. The van der Waals surface area contributed by atoms with Gasteiger partial charge in [-0.25, -0.2) is 0 Å². The van der Waals surface area contributed by atoms with Gasteiger partial charge in [0.05, 0.1) is 20.3 Å². The topological polar surface area (TPSA) is 74.7 Å². The Morgan fingerprint density at radius 3 is 2.38 bits per heavy atom. The van der Waals surface area contributed by atoms with Gasteiger partial charge < -0.3 is 13.9 Å². The van der Waals surface area contributed by atoms with E-state index >= 15 is 0 Å². The van der Waals surface area contributed by atoms with E-state index in [-0.39, 0.29) is 5.88 Å². The number of furan rings is 1. The normalized spacial score (nSPS) is 10.4. The average Bonchev–Trinajstić information content (AvgIpc) is 2.69. The molecule has 6 nitrogen and oxygen atoms in total. The lowest BCUT2D eigenvalue weighted by Gasteiger charge is -2.05. The maximum atomic E-state index is 10.5. The molecule has 0 fully saturated rings. The Bertz CT molecular complexity index is 504. The van der Waals surface area contributed by atoms with Crippen molar-refractivity contribution in [2.45, 2.75) is 0 Å². The predicted molar refractivity (Wildman–Crippen MR) is 56.0 cm³/mol. The largest absolute Gasteiger partial charge is 0.493 e. The zero-order valence-electron chi connectivity index (χ0n) is 8.72. The summed E-state index contributed by atoms with van der Waals surface area (Å²) in [6.07, 6.45) is 0. The van der Waals surface area contributed by atoms with E-state index in [4.69, 9.17) is 13.9 Å². The van der Waals surface area contributed by atoms with Crippen molar-refractivity contribution >= 4 is 16.9 Å². The third kappa shape index (κ3) is 1.54. The summed E-state index contributed by atoms with van der Waals surface area (Å²) in [6, 6.07) is 4.53. The van der Waals surface area contributed by atoms with E-state index in [2.05, 4.69) is 0 Å². The summed E-state index contributed by atoms with van der Waals surface area (Å²) in [5.41, 5.74) is 0.393. The smallest absolute Gasteiger partial charge is 0.434 e. The van der Waals surface area contributed by atoms with Crippen LogP contribution in [0.2, 0.25) is 0 Å². The molecule has 0 radical (unpaired) electrons. The van der Waals surface area contributed by atoms with Gasteiger partial charge in [-0.05, 0) is 6.07 Å². The lowest BCUT2D eigenvalue weighted by molar-refractivity contribution is -0.401. The Morgan fingerprint density at radius 1 is 1.19 bits per heavy atom. The third-order valence-electron chi connectivity index (χ3n) is 2.19. The lowest BCUT2D eigenvalue weighted by Crippen LogP contribution is -1.89. The van der Waals surface area contributed by atoms with Gasteiger partial charge in [-0.15, -0.1) is 0 Å². The van der Waals surface area contributed by atoms with E-state index in [1.165, 1.54) is 20.3 Å². The third-order valence-corrected chi connectivity index (χ3v) is 2.19. The molecule has 0 unspecified atom stereocenters. The highest BCUT2D eigenvalue weighted by molar-refractivity contribution is 5.83. The Hall–Kier alpha value is -2.24. The van der Waals surface area contributed by atoms with Crippen molar-refractivity contribution in [1.82, 2.24) is 0 Å². The van der Waals surface area contributed by atoms with Gasteiger partial charge in [-0.2, -0.15) is 0 Å². The van der Waals surface area contributed by atoms with Crippen LogP contribution in [0.5, 0.6) is 11.5 Å². The van der Waals surface area contributed by atoms with E-state index in [1.54, 1.807) is 12.1 Å². The lowest BCUT2D eigenvalue weighted by atomic mass is 10.2. The first-order valence-corrected chi connectivity index (χ1v) is 4.45. The standard InChI is InChI=1S/C10H9NO5/c1-14-8-3-6-4-10(11(12)13)16-7(6)5-9(8)15-2/h3-5H,1-2H3. The molecule has 1 aromatic carbocycles. The first-order valence-electron chi connectivity index (χ1n) is 4.45. The zero-order chi connectivity index (χ0) is 11.7. The minimum atomic E-state index is -0.584. The van der Waals surface area contributed by atoms with E-state index in [9.17, 15) is 10.1 Å². The maximum Gasteiger partial charge on any atom is 0.434 e. The van der Waals surface area contributed by atoms with E-state index in [0.29, 0.717) is 22.5 Å². The van der Waals surface area contributed by atoms with Crippen LogP contribution in [0.4, 0.5) is 5.88 Å².